The van der Waals surface area contributed by atoms with Crippen LogP contribution in [0.2, 0.25) is 0 Å². The second kappa shape index (κ2) is 6.10. The van der Waals surface area contributed by atoms with E-state index < -0.39 is 0 Å². The Balaban J connectivity index is 1.94. The molecule has 0 aliphatic heterocycles. The molecule has 0 radical (unpaired) electrons. The zero-order chi connectivity index (χ0) is 12.8. The second-order valence-corrected chi connectivity index (χ2v) is 4.29. The van der Waals surface area contributed by atoms with Crippen molar-refractivity contribution in [3.05, 3.63) is 42.5 Å². The van der Waals surface area contributed by atoms with Crippen molar-refractivity contribution in [2.45, 2.75) is 32.9 Å². The fraction of sp³-hybridized carbons (Fsp3) is 0.357. The minimum Gasteiger partial charge on any atom is -0.491 e. The van der Waals surface area contributed by atoms with Gasteiger partial charge in [-0.05, 0) is 25.5 Å². The van der Waals surface area contributed by atoms with Crippen LogP contribution in [0.25, 0.3) is 0 Å². The van der Waals surface area contributed by atoms with Gasteiger partial charge in [-0.25, -0.2) is 4.98 Å². The molecule has 4 heteroatoms. The molecule has 2 aromatic rings. The van der Waals surface area contributed by atoms with Crippen molar-refractivity contribution in [2.24, 2.45) is 0 Å². The summed E-state index contributed by atoms with van der Waals surface area (Å²) in [5.74, 6) is 0.902. The smallest absolute Gasteiger partial charge is 0.121 e. The van der Waals surface area contributed by atoms with Crippen molar-refractivity contribution in [3.63, 3.8) is 0 Å². The number of nitrogens with zero attached hydrogens (tertiary/aromatic N) is 1. The number of imidazole rings is 1. The van der Waals surface area contributed by atoms with Gasteiger partial charge in [0.15, 0.2) is 0 Å². The number of nitrogens with one attached hydrogen (secondary N) is 2. The Kier molecular flexibility index (Phi) is 4.23. The molecule has 0 saturated heterocycles. The van der Waals surface area contributed by atoms with E-state index >= 15 is 0 Å². The van der Waals surface area contributed by atoms with E-state index in [9.17, 15) is 0 Å². The van der Waals surface area contributed by atoms with E-state index in [4.69, 9.17) is 4.74 Å². The second-order valence-electron chi connectivity index (χ2n) is 4.29. The number of aromatic nitrogens is 2. The third-order valence-corrected chi connectivity index (χ3v) is 2.78. The first-order chi connectivity index (χ1) is 8.78. The fourth-order valence-electron chi connectivity index (χ4n) is 1.57. The molecular formula is C14H19N3O. The SMILES string of the molecule is CCC(C)Oc1cccc(NCc2cnc[nH]2)c1. The molecule has 1 heterocycles. The summed E-state index contributed by atoms with van der Waals surface area (Å²) in [4.78, 5) is 7.04. The van der Waals surface area contributed by atoms with Crippen LogP contribution in [-0.4, -0.2) is 16.1 Å². The maximum atomic E-state index is 5.78. The minimum absolute atomic E-state index is 0.243. The van der Waals surface area contributed by atoms with Gasteiger partial charge in [0.25, 0.3) is 0 Å². The molecule has 0 fully saturated rings. The highest BCUT2D eigenvalue weighted by molar-refractivity contribution is 5.48. The molecule has 0 spiro atoms. The fourth-order valence-corrected chi connectivity index (χ4v) is 1.57. The van der Waals surface area contributed by atoms with Crippen LogP contribution in [0.5, 0.6) is 5.75 Å². The largest absolute Gasteiger partial charge is 0.491 e. The molecule has 1 aromatic heterocycles. The Bertz CT molecular complexity index is 468. The summed E-state index contributed by atoms with van der Waals surface area (Å²) in [6.45, 7) is 4.92. The number of aromatic amines is 1. The van der Waals surface area contributed by atoms with Crippen LogP contribution in [0, 0.1) is 0 Å². The van der Waals surface area contributed by atoms with Gasteiger partial charge in [0.1, 0.15) is 5.75 Å². The van der Waals surface area contributed by atoms with Gasteiger partial charge in [0, 0.05) is 18.0 Å². The van der Waals surface area contributed by atoms with Gasteiger partial charge in [-0.3, -0.25) is 0 Å². The van der Waals surface area contributed by atoms with Crippen LogP contribution >= 0.6 is 0 Å². The zero-order valence-electron chi connectivity index (χ0n) is 10.8. The van der Waals surface area contributed by atoms with Gasteiger partial charge >= 0.3 is 0 Å². The van der Waals surface area contributed by atoms with Gasteiger partial charge in [-0.2, -0.15) is 0 Å². The van der Waals surface area contributed by atoms with Crippen molar-refractivity contribution in [1.29, 1.82) is 0 Å². The summed E-state index contributed by atoms with van der Waals surface area (Å²) < 4.78 is 5.78. The van der Waals surface area contributed by atoms with E-state index in [0.717, 1.165) is 30.1 Å². The quantitative estimate of drug-likeness (QED) is 0.821. The maximum absolute atomic E-state index is 5.78. The van der Waals surface area contributed by atoms with Gasteiger partial charge in [-0.1, -0.05) is 13.0 Å². The number of anilines is 1. The highest BCUT2D eigenvalue weighted by atomic mass is 16.5. The first-order valence-electron chi connectivity index (χ1n) is 6.25. The predicted octanol–water partition coefficient (Wildman–Crippen LogP) is 3.20. The van der Waals surface area contributed by atoms with Crippen LogP contribution in [0.3, 0.4) is 0 Å². The molecule has 0 aliphatic carbocycles. The maximum Gasteiger partial charge on any atom is 0.121 e. The van der Waals surface area contributed by atoms with Crippen LogP contribution in [0.15, 0.2) is 36.8 Å². The Morgan fingerprint density at radius 2 is 2.33 bits per heavy atom. The minimum atomic E-state index is 0.243. The van der Waals surface area contributed by atoms with Crippen LogP contribution in [-0.2, 0) is 6.54 Å². The molecule has 96 valence electrons. The van der Waals surface area contributed by atoms with Gasteiger partial charge in [0.2, 0.25) is 0 Å². The molecule has 1 aromatic carbocycles. The zero-order valence-corrected chi connectivity index (χ0v) is 10.8. The molecule has 4 nitrogen and oxygen atoms in total. The number of rotatable bonds is 6. The van der Waals surface area contributed by atoms with Crippen LogP contribution < -0.4 is 10.1 Å². The predicted molar refractivity (Wildman–Crippen MR) is 72.7 cm³/mol. The number of ether oxygens (including phenoxy) is 1. The summed E-state index contributed by atoms with van der Waals surface area (Å²) in [5.41, 5.74) is 2.11. The van der Waals surface area contributed by atoms with Crippen LogP contribution in [0.1, 0.15) is 26.0 Å². The summed E-state index contributed by atoms with van der Waals surface area (Å²) in [7, 11) is 0. The summed E-state index contributed by atoms with van der Waals surface area (Å²) in [5, 5.41) is 3.33. The van der Waals surface area contributed by atoms with E-state index in [1.807, 2.05) is 30.5 Å². The highest BCUT2D eigenvalue weighted by Gasteiger charge is 2.02. The van der Waals surface area contributed by atoms with E-state index in [1.165, 1.54) is 0 Å². The number of benzene rings is 1. The van der Waals surface area contributed by atoms with Crippen molar-refractivity contribution in [1.82, 2.24) is 9.97 Å². The van der Waals surface area contributed by atoms with E-state index in [2.05, 4.69) is 29.1 Å². The topological polar surface area (TPSA) is 49.9 Å². The van der Waals surface area contributed by atoms with E-state index in [0.29, 0.717) is 0 Å². The molecule has 1 unspecified atom stereocenters. The Labute approximate surface area is 107 Å². The lowest BCUT2D eigenvalue weighted by Gasteiger charge is -2.13. The normalized spacial score (nSPS) is 12.1. The molecule has 18 heavy (non-hydrogen) atoms. The molecule has 0 bridgehead atoms. The molecular weight excluding hydrogens is 226 g/mol. The number of hydrogen-bond donors (Lipinski definition) is 2. The number of H-pyrrole nitrogens is 1. The van der Waals surface area contributed by atoms with E-state index in [-0.39, 0.29) is 6.10 Å². The van der Waals surface area contributed by atoms with Gasteiger partial charge < -0.3 is 15.0 Å². The standard InChI is InChI=1S/C14H19N3O/c1-3-11(2)18-14-6-4-5-12(7-14)16-9-13-8-15-10-17-13/h4-8,10-11,16H,3,9H2,1-2H3,(H,15,17). The van der Waals surface area contributed by atoms with Crippen molar-refractivity contribution in [3.8, 4) is 5.75 Å². The third-order valence-electron chi connectivity index (χ3n) is 2.78. The summed E-state index contributed by atoms with van der Waals surface area (Å²) >= 11 is 0. The lowest BCUT2D eigenvalue weighted by atomic mass is 10.2. The first-order valence-corrected chi connectivity index (χ1v) is 6.25. The van der Waals surface area contributed by atoms with Crippen molar-refractivity contribution in [2.75, 3.05) is 5.32 Å². The molecule has 0 aliphatic rings. The number of hydrogen-bond acceptors (Lipinski definition) is 3. The van der Waals surface area contributed by atoms with Crippen molar-refractivity contribution < 1.29 is 4.74 Å². The average Bonchev–Trinajstić information content (AvgIpc) is 2.90. The molecule has 1 atom stereocenters. The molecule has 0 amide bonds. The lowest BCUT2D eigenvalue weighted by molar-refractivity contribution is 0.217. The third kappa shape index (κ3) is 3.52. The summed E-state index contributed by atoms with van der Waals surface area (Å²) in [6.07, 6.45) is 4.74. The lowest BCUT2D eigenvalue weighted by Crippen LogP contribution is -2.09. The Hall–Kier alpha value is -1.97. The molecule has 0 saturated carbocycles. The molecule has 2 rings (SSSR count). The monoisotopic (exact) mass is 245 g/mol. The summed E-state index contributed by atoms with van der Waals surface area (Å²) in [6, 6.07) is 8.02. The molecule has 2 N–H and O–H groups in total. The highest BCUT2D eigenvalue weighted by Crippen LogP contribution is 2.19. The average molecular weight is 245 g/mol. The first kappa shape index (κ1) is 12.5. The van der Waals surface area contributed by atoms with Gasteiger partial charge in [0.05, 0.1) is 24.7 Å². The van der Waals surface area contributed by atoms with Crippen molar-refractivity contribution >= 4 is 5.69 Å². The van der Waals surface area contributed by atoms with Crippen LogP contribution in [0.4, 0.5) is 5.69 Å². The Morgan fingerprint density at radius 1 is 1.44 bits per heavy atom. The van der Waals surface area contributed by atoms with E-state index in [1.54, 1.807) is 6.33 Å². The van der Waals surface area contributed by atoms with Gasteiger partial charge in [-0.15, -0.1) is 0 Å². The Morgan fingerprint density at radius 3 is 3.06 bits per heavy atom.